The van der Waals surface area contributed by atoms with Crippen molar-refractivity contribution in [3.63, 3.8) is 0 Å². The first-order valence-corrected chi connectivity index (χ1v) is 9.41. The van der Waals surface area contributed by atoms with E-state index in [1.54, 1.807) is 4.57 Å². The fraction of sp³-hybridized carbons (Fsp3) is 0.722. The Labute approximate surface area is 162 Å². The number of rotatable bonds is 5. The molecule has 28 heavy (non-hydrogen) atoms. The monoisotopic (exact) mass is 393 g/mol. The lowest BCUT2D eigenvalue weighted by Gasteiger charge is -2.34. The predicted octanol–water partition coefficient (Wildman–Crippen LogP) is 0.977. The van der Waals surface area contributed by atoms with Crippen LogP contribution in [-0.4, -0.2) is 62.2 Å². The molecule has 4 heterocycles. The van der Waals surface area contributed by atoms with Gasteiger partial charge < -0.3 is 24.7 Å². The molecule has 4 rings (SSSR count). The van der Waals surface area contributed by atoms with Crippen molar-refractivity contribution in [2.24, 2.45) is 0 Å². The van der Waals surface area contributed by atoms with Crippen LogP contribution in [0.4, 0.5) is 5.95 Å². The molecule has 2 aliphatic rings. The third-order valence-electron chi connectivity index (χ3n) is 4.87. The van der Waals surface area contributed by atoms with Gasteiger partial charge in [-0.05, 0) is 34.6 Å². The molecule has 3 N–H and O–H groups in total. The summed E-state index contributed by atoms with van der Waals surface area (Å²) in [5.41, 5.74) is 4.78. The fourth-order valence-corrected chi connectivity index (χ4v) is 3.68. The predicted molar refractivity (Wildman–Crippen MR) is 101 cm³/mol. The maximum Gasteiger partial charge on any atom is 0.280 e. The van der Waals surface area contributed by atoms with E-state index in [0.717, 1.165) is 0 Å². The minimum Gasteiger partial charge on any atom is -0.373 e. The van der Waals surface area contributed by atoms with Gasteiger partial charge in [-0.2, -0.15) is 4.98 Å². The van der Waals surface area contributed by atoms with Crippen LogP contribution < -0.4 is 11.3 Å². The third kappa shape index (κ3) is 3.20. The molecule has 2 bridgehead atoms. The first kappa shape index (κ1) is 19.3. The third-order valence-corrected chi connectivity index (χ3v) is 4.87. The minimum atomic E-state index is -0.754. The van der Waals surface area contributed by atoms with Crippen LogP contribution in [0.1, 0.15) is 40.8 Å². The zero-order valence-electron chi connectivity index (χ0n) is 16.8. The van der Waals surface area contributed by atoms with Crippen LogP contribution in [0.5, 0.6) is 0 Å². The number of nitrogens with zero attached hydrogens (tertiary/aromatic N) is 3. The van der Waals surface area contributed by atoms with Crippen LogP contribution in [0.2, 0.25) is 0 Å². The molecule has 2 aromatic rings. The van der Waals surface area contributed by atoms with E-state index in [4.69, 9.17) is 24.7 Å². The number of hydrogen-bond acceptors (Lipinski definition) is 8. The maximum absolute atomic E-state index is 12.1. The summed E-state index contributed by atoms with van der Waals surface area (Å²) < 4.78 is 26.4. The van der Waals surface area contributed by atoms with E-state index < -0.39 is 17.4 Å². The average Bonchev–Trinajstić information content (AvgIpc) is 3.22. The first-order valence-electron chi connectivity index (χ1n) is 9.41. The van der Waals surface area contributed by atoms with Crippen molar-refractivity contribution >= 4 is 17.1 Å². The fourth-order valence-electron chi connectivity index (χ4n) is 3.68. The van der Waals surface area contributed by atoms with Crippen molar-refractivity contribution < 1.29 is 18.9 Å². The molecular formula is C18H27N5O5. The normalized spacial score (nSPS) is 30.0. The van der Waals surface area contributed by atoms with Gasteiger partial charge in [-0.25, -0.2) is 4.98 Å². The van der Waals surface area contributed by atoms with E-state index in [1.165, 1.54) is 6.33 Å². The van der Waals surface area contributed by atoms with Gasteiger partial charge in [0.15, 0.2) is 17.4 Å². The van der Waals surface area contributed by atoms with Gasteiger partial charge in [-0.1, -0.05) is 0 Å². The molecule has 2 fully saturated rings. The summed E-state index contributed by atoms with van der Waals surface area (Å²) in [6.45, 7) is 10.6. The van der Waals surface area contributed by atoms with Crippen LogP contribution in [0, 0.1) is 0 Å². The molecule has 0 amide bonds. The zero-order valence-corrected chi connectivity index (χ0v) is 16.8. The standard InChI is InChI=1S/C18H27N5O5/c1-9(2)27-12-11-15(28-18(12,6-25-11)7-26-17(3,4)5)23-8-20-10-13(23)21-16(19)22-14(10)24/h8-9,11-12,15H,6-7H2,1-5H3,(H3,19,21,22,24)/t11?,12-,15-,18-/m1/s1. The summed E-state index contributed by atoms with van der Waals surface area (Å²) >= 11 is 0. The van der Waals surface area contributed by atoms with Crippen LogP contribution in [0.15, 0.2) is 11.1 Å². The van der Waals surface area contributed by atoms with Crippen LogP contribution in [0.25, 0.3) is 11.2 Å². The molecule has 10 heteroatoms. The van der Waals surface area contributed by atoms with Gasteiger partial charge in [0.25, 0.3) is 5.56 Å². The lowest BCUT2D eigenvalue weighted by Crippen LogP contribution is -2.48. The highest BCUT2D eigenvalue weighted by atomic mass is 16.7. The van der Waals surface area contributed by atoms with Gasteiger partial charge in [0.05, 0.1) is 31.2 Å². The lowest BCUT2D eigenvalue weighted by atomic mass is 9.99. The van der Waals surface area contributed by atoms with E-state index in [2.05, 4.69) is 15.0 Å². The average molecular weight is 393 g/mol. The SMILES string of the molecule is CC(C)O[C@@H]1C2OC[C@]1(COC(C)(C)C)O[C@H]2n1cnc2c(=O)[nH]c(N)nc21. The Morgan fingerprint density at radius 2 is 2.21 bits per heavy atom. The minimum absolute atomic E-state index is 0.0123. The molecule has 1 unspecified atom stereocenters. The highest BCUT2D eigenvalue weighted by Crippen LogP contribution is 2.48. The van der Waals surface area contributed by atoms with Gasteiger partial charge in [0, 0.05) is 0 Å². The zero-order chi connectivity index (χ0) is 20.3. The van der Waals surface area contributed by atoms with Gasteiger partial charge >= 0.3 is 0 Å². The quantitative estimate of drug-likeness (QED) is 0.770. The second-order valence-corrected chi connectivity index (χ2v) is 8.63. The van der Waals surface area contributed by atoms with Crippen molar-refractivity contribution in [2.75, 3.05) is 18.9 Å². The Balaban J connectivity index is 1.71. The summed E-state index contributed by atoms with van der Waals surface area (Å²) in [5, 5.41) is 0. The van der Waals surface area contributed by atoms with Crippen molar-refractivity contribution in [1.82, 2.24) is 19.5 Å². The second kappa shape index (κ2) is 6.51. The Kier molecular flexibility index (Phi) is 4.49. The first-order chi connectivity index (χ1) is 13.1. The van der Waals surface area contributed by atoms with Crippen molar-refractivity contribution in [3.05, 3.63) is 16.7 Å². The highest BCUT2D eigenvalue weighted by Gasteiger charge is 2.63. The number of aromatic nitrogens is 4. The summed E-state index contributed by atoms with van der Waals surface area (Å²) in [6, 6.07) is 0. The van der Waals surface area contributed by atoms with Crippen LogP contribution in [-0.2, 0) is 18.9 Å². The van der Waals surface area contributed by atoms with Crippen molar-refractivity contribution in [1.29, 1.82) is 0 Å². The Hall–Kier alpha value is -2.01. The lowest BCUT2D eigenvalue weighted by molar-refractivity contribution is -0.206. The molecule has 154 valence electrons. The van der Waals surface area contributed by atoms with Gasteiger partial charge in [-0.15, -0.1) is 0 Å². The van der Waals surface area contributed by atoms with Gasteiger partial charge in [0.2, 0.25) is 5.95 Å². The van der Waals surface area contributed by atoms with Gasteiger partial charge in [-0.3, -0.25) is 14.3 Å². The molecule has 0 aromatic carbocycles. The Morgan fingerprint density at radius 1 is 1.46 bits per heavy atom. The van der Waals surface area contributed by atoms with Crippen molar-refractivity contribution in [3.8, 4) is 0 Å². The number of imidazole rings is 1. The molecule has 2 aromatic heterocycles. The molecule has 2 aliphatic heterocycles. The Morgan fingerprint density at radius 3 is 2.89 bits per heavy atom. The number of anilines is 1. The second-order valence-electron chi connectivity index (χ2n) is 8.63. The number of ether oxygens (including phenoxy) is 4. The topological polar surface area (TPSA) is 127 Å². The number of nitrogens with one attached hydrogen (secondary N) is 1. The largest absolute Gasteiger partial charge is 0.373 e. The molecular weight excluding hydrogens is 366 g/mol. The van der Waals surface area contributed by atoms with Crippen LogP contribution in [0.3, 0.4) is 0 Å². The number of nitrogen functional groups attached to an aromatic ring is 1. The number of nitrogens with two attached hydrogens (primary N) is 1. The maximum atomic E-state index is 12.1. The molecule has 2 saturated heterocycles. The number of aromatic amines is 1. The smallest absolute Gasteiger partial charge is 0.280 e. The van der Waals surface area contributed by atoms with E-state index in [-0.39, 0.29) is 35.4 Å². The van der Waals surface area contributed by atoms with E-state index in [0.29, 0.717) is 18.9 Å². The number of H-pyrrole nitrogens is 1. The summed E-state index contributed by atoms with van der Waals surface area (Å²) in [7, 11) is 0. The molecule has 10 nitrogen and oxygen atoms in total. The summed E-state index contributed by atoms with van der Waals surface area (Å²) in [6.07, 6.45) is 0.245. The van der Waals surface area contributed by atoms with Gasteiger partial charge in [0.1, 0.15) is 17.8 Å². The molecule has 0 spiro atoms. The molecule has 0 saturated carbocycles. The molecule has 0 radical (unpaired) electrons. The molecule has 0 aliphatic carbocycles. The number of fused-ring (bicyclic) bond motifs is 3. The highest BCUT2D eigenvalue weighted by molar-refractivity contribution is 5.70. The summed E-state index contributed by atoms with van der Waals surface area (Å²) in [4.78, 5) is 23.0. The summed E-state index contributed by atoms with van der Waals surface area (Å²) in [5.74, 6) is 0.0177. The Bertz CT molecular complexity index is 933. The van der Waals surface area contributed by atoms with Crippen LogP contribution >= 0.6 is 0 Å². The van der Waals surface area contributed by atoms with E-state index in [9.17, 15) is 4.79 Å². The molecule has 4 atom stereocenters. The number of hydrogen-bond donors (Lipinski definition) is 2. The van der Waals surface area contributed by atoms with E-state index in [1.807, 2.05) is 34.6 Å². The van der Waals surface area contributed by atoms with E-state index >= 15 is 0 Å². The van der Waals surface area contributed by atoms with Crippen molar-refractivity contribution in [2.45, 2.75) is 70.4 Å².